The van der Waals surface area contributed by atoms with Gasteiger partial charge >= 0.3 is 0 Å². The maximum Gasteiger partial charge on any atom is 0.0210 e. The van der Waals surface area contributed by atoms with Crippen molar-refractivity contribution in [2.45, 2.75) is 64.1 Å². The summed E-state index contributed by atoms with van der Waals surface area (Å²) in [6.45, 7) is 9.95. The van der Waals surface area contributed by atoms with Gasteiger partial charge in [-0.15, -0.1) is 0 Å². The molecule has 0 aromatic carbocycles. The molecule has 0 radical (unpaired) electrons. The molecule has 0 bridgehead atoms. The van der Waals surface area contributed by atoms with Crippen LogP contribution in [0.4, 0.5) is 0 Å². The van der Waals surface area contributed by atoms with E-state index in [0.717, 1.165) is 18.1 Å². The fourth-order valence-electron chi connectivity index (χ4n) is 3.85. The van der Waals surface area contributed by atoms with Crippen LogP contribution in [-0.2, 0) is 0 Å². The van der Waals surface area contributed by atoms with Crippen molar-refractivity contribution in [2.24, 2.45) is 5.41 Å². The lowest BCUT2D eigenvalue weighted by atomic mass is 9.80. The first-order chi connectivity index (χ1) is 9.06. The van der Waals surface area contributed by atoms with E-state index in [0.29, 0.717) is 5.41 Å². The maximum atomic E-state index is 3.89. The van der Waals surface area contributed by atoms with E-state index < -0.39 is 0 Å². The lowest BCUT2D eigenvalue weighted by Gasteiger charge is -2.38. The summed E-state index contributed by atoms with van der Waals surface area (Å²) in [5, 5.41) is 3.89. The predicted molar refractivity (Wildman–Crippen MR) is 80.4 cm³/mol. The van der Waals surface area contributed by atoms with Gasteiger partial charge in [0.05, 0.1) is 0 Å². The molecule has 1 aliphatic carbocycles. The quantitative estimate of drug-likeness (QED) is 0.838. The molecule has 3 rings (SSSR count). The van der Waals surface area contributed by atoms with E-state index in [9.17, 15) is 0 Å². The third-order valence-corrected chi connectivity index (χ3v) is 5.65. The second-order valence-electron chi connectivity index (χ2n) is 7.70. The number of piperidine rings is 1. The molecule has 1 N–H and O–H groups in total. The molecule has 1 saturated carbocycles. The maximum absolute atomic E-state index is 3.89. The molecule has 2 aliphatic heterocycles. The van der Waals surface area contributed by atoms with Crippen LogP contribution in [0, 0.1) is 5.41 Å². The van der Waals surface area contributed by atoms with E-state index in [1.54, 1.807) is 0 Å². The molecule has 0 amide bonds. The Balaban J connectivity index is 1.45. The van der Waals surface area contributed by atoms with Crippen molar-refractivity contribution >= 4 is 0 Å². The van der Waals surface area contributed by atoms with Crippen molar-refractivity contribution < 1.29 is 0 Å². The Morgan fingerprint density at radius 1 is 1.21 bits per heavy atom. The van der Waals surface area contributed by atoms with Crippen LogP contribution in [0.25, 0.3) is 0 Å². The third-order valence-electron chi connectivity index (χ3n) is 5.65. The van der Waals surface area contributed by atoms with E-state index in [2.05, 4.69) is 36.0 Å². The van der Waals surface area contributed by atoms with Gasteiger partial charge in [0.2, 0.25) is 0 Å². The predicted octanol–water partition coefficient (Wildman–Crippen LogP) is 1.93. The second kappa shape index (κ2) is 5.34. The van der Waals surface area contributed by atoms with Crippen LogP contribution in [0.1, 0.15) is 46.0 Å². The SMILES string of the molecule is CC1CC(NCC2(C)CCN(C)CC2)CN1C1CC1. The Morgan fingerprint density at radius 2 is 1.89 bits per heavy atom. The Labute approximate surface area is 118 Å². The van der Waals surface area contributed by atoms with Gasteiger partial charge in [-0.1, -0.05) is 6.92 Å². The highest BCUT2D eigenvalue weighted by Crippen LogP contribution is 2.34. The minimum Gasteiger partial charge on any atom is -0.312 e. The van der Waals surface area contributed by atoms with Crippen molar-refractivity contribution in [3.63, 3.8) is 0 Å². The Bertz CT molecular complexity index is 305. The first kappa shape index (κ1) is 13.8. The molecule has 2 saturated heterocycles. The van der Waals surface area contributed by atoms with Gasteiger partial charge in [0.25, 0.3) is 0 Å². The molecule has 3 nitrogen and oxygen atoms in total. The zero-order valence-electron chi connectivity index (χ0n) is 13.0. The Morgan fingerprint density at radius 3 is 2.53 bits per heavy atom. The van der Waals surface area contributed by atoms with Gasteiger partial charge in [0, 0.05) is 31.2 Å². The summed E-state index contributed by atoms with van der Waals surface area (Å²) < 4.78 is 0. The highest BCUT2D eigenvalue weighted by Gasteiger charge is 2.39. The van der Waals surface area contributed by atoms with Crippen LogP contribution in [0.15, 0.2) is 0 Å². The zero-order chi connectivity index (χ0) is 13.5. The van der Waals surface area contributed by atoms with Crippen molar-refractivity contribution in [3.05, 3.63) is 0 Å². The molecule has 0 aromatic rings. The molecule has 2 atom stereocenters. The number of nitrogens with zero attached hydrogens (tertiary/aromatic N) is 2. The summed E-state index contributed by atoms with van der Waals surface area (Å²) in [7, 11) is 2.25. The van der Waals surface area contributed by atoms with Crippen molar-refractivity contribution in [2.75, 3.05) is 33.2 Å². The molecular weight excluding hydrogens is 234 g/mol. The fraction of sp³-hybridized carbons (Fsp3) is 1.00. The molecule has 110 valence electrons. The van der Waals surface area contributed by atoms with E-state index in [1.807, 2.05) is 0 Å². The van der Waals surface area contributed by atoms with Crippen molar-refractivity contribution in [1.82, 2.24) is 15.1 Å². The number of hydrogen-bond donors (Lipinski definition) is 1. The van der Waals surface area contributed by atoms with Crippen LogP contribution in [0.2, 0.25) is 0 Å². The zero-order valence-corrected chi connectivity index (χ0v) is 13.0. The van der Waals surface area contributed by atoms with E-state index in [-0.39, 0.29) is 0 Å². The average molecular weight is 265 g/mol. The summed E-state index contributed by atoms with van der Waals surface area (Å²) >= 11 is 0. The molecule has 3 aliphatic rings. The molecule has 2 unspecified atom stereocenters. The standard InChI is InChI=1S/C16H31N3/c1-13-10-14(11-19(13)15-4-5-15)17-12-16(2)6-8-18(3)9-7-16/h13-15,17H,4-12H2,1-3H3. The lowest BCUT2D eigenvalue weighted by Crippen LogP contribution is -2.45. The fourth-order valence-corrected chi connectivity index (χ4v) is 3.85. The summed E-state index contributed by atoms with van der Waals surface area (Å²) in [4.78, 5) is 5.21. The van der Waals surface area contributed by atoms with Crippen LogP contribution in [0.5, 0.6) is 0 Å². The summed E-state index contributed by atoms with van der Waals surface area (Å²) in [6, 6.07) is 2.48. The number of rotatable bonds is 4. The second-order valence-corrected chi connectivity index (χ2v) is 7.70. The third kappa shape index (κ3) is 3.32. The highest BCUT2D eigenvalue weighted by atomic mass is 15.3. The molecule has 3 heteroatoms. The lowest BCUT2D eigenvalue weighted by molar-refractivity contribution is 0.133. The smallest absolute Gasteiger partial charge is 0.0210 e. The van der Waals surface area contributed by atoms with E-state index >= 15 is 0 Å². The number of likely N-dealkylation sites (tertiary alicyclic amines) is 2. The molecule has 3 fully saturated rings. The van der Waals surface area contributed by atoms with Crippen molar-refractivity contribution in [1.29, 1.82) is 0 Å². The number of nitrogens with one attached hydrogen (secondary N) is 1. The van der Waals surface area contributed by atoms with E-state index in [1.165, 1.54) is 58.3 Å². The molecule has 19 heavy (non-hydrogen) atoms. The minimum atomic E-state index is 0.531. The molecular formula is C16H31N3. The van der Waals surface area contributed by atoms with Gasteiger partial charge in [-0.2, -0.15) is 0 Å². The monoisotopic (exact) mass is 265 g/mol. The molecule has 0 aromatic heterocycles. The minimum absolute atomic E-state index is 0.531. The Kier molecular flexibility index (Phi) is 3.89. The Hall–Kier alpha value is -0.120. The number of hydrogen-bond acceptors (Lipinski definition) is 3. The van der Waals surface area contributed by atoms with Gasteiger partial charge in [0.1, 0.15) is 0 Å². The van der Waals surface area contributed by atoms with Crippen molar-refractivity contribution in [3.8, 4) is 0 Å². The first-order valence-corrected chi connectivity index (χ1v) is 8.23. The van der Waals surface area contributed by atoms with Gasteiger partial charge in [0.15, 0.2) is 0 Å². The normalized spacial score (nSPS) is 36.8. The van der Waals surface area contributed by atoms with Gasteiger partial charge in [-0.05, 0) is 64.6 Å². The topological polar surface area (TPSA) is 18.5 Å². The average Bonchev–Trinajstić information content (AvgIpc) is 3.15. The molecule has 2 heterocycles. The summed E-state index contributed by atoms with van der Waals surface area (Å²) in [5.41, 5.74) is 0.531. The largest absolute Gasteiger partial charge is 0.312 e. The van der Waals surface area contributed by atoms with Gasteiger partial charge < -0.3 is 10.2 Å². The first-order valence-electron chi connectivity index (χ1n) is 8.23. The van der Waals surface area contributed by atoms with Gasteiger partial charge in [-0.25, -0.2) is 0 Å². The van der Waals surface area contributed by atoms with Gasteiger partial charge in [-0.3, -0.25) is 4.90 Å². The molecule has 0 spiro atoms. The highest BCUT2D eigenvalue weighted by molar-refractivity contribution is 4.96. The summed E-state index contributed by atoms with van der Waals surface area (Å²) in [6.07, 6.45) is 6.95. The van der Waals surface area contributed by atoms with Crippen LogP contribution >= 0.6 is 0 Å². The van der Waals surface area contributed by atoms with E-state index in [4.69, 9.17) is 0 Å². The summed E-state index contributed by atoms with van der Waals surface area (Å²) in [5.74, 6) is 0. The van der Waals surface area contributed by atoms with Crippen LogP contribution < -0.4 is 5.32 Å². The van der Waals surface area contributed by atoms with Crippen LogP contribution in [0.3, 0.4) is 0 Å². The van der Waals surface area contributed by atoms with Crippen LogP contribution in [-0.4, -0.2) is 61.2 Å².